The molecule has 0 aromatic heterocycles. The van der Waals surface area contributed by atoms with Gasteiger partial charge in [0.25, 0.3) is 0 Å². The number of carbonyl (C=O) groups is 2. The summed E-state index contributed by atoms with van der Waals surface area (Å²) in [6.07, 6.45) is 2.64. The molecule has 5 heteroatoms. The number of esters is 1. The van der Waals surface area contributed by atoms with E-state index < -0.39 is 18.1 Å². The number of hydrogen-bond donors (Lipinski definition) is 2. The lowest BCUT2D eigenvalue weighted by Crippen LogP contribution is -2.51. The summed E-state index contributed by atoms with van der Waals surface area (Å²) in [5, 5.41) is 2.72. The molecule has 3 N–H and O–H groups in total. The van der Waals surface area contributed by atoms with E-state index in [2.05, 4.69) is 11.9 Å². The Balaban J connectivity index is 2.80. The minimum absolute atomic E-state index is 0.0385. The van der Waals surface area contributed by atoms with E-state index in [0.29, 0.717) is 6.42 Å². The van der Waals surface area contributed by atoms with Crippen molar-refractivity contribution in [2.75, 3.05) is 6.61 Å². The Labute approximate surface area is 137 Å². The van der Waals surface area contributed by atoms with Crippen LogP contribution in [-0.2, 0) is 20.7 Å². The molecule has 126 valence electrons. The average Bonchev–Trinajstić information content (AvgIpc) is 2.58. The number of amides is 1. The summed E-state index contributed by atoms with van der Waals surface area (Å²) in [6, 6.07) is 8.04. The van der Waals surface area contributed by atoms with Crippen LogP contribution >= 0.6 is 0 Å². The molecule has 0 saturated carbocycles. The molecule has 0 saturated heterocycles. The molecule has 0 aliphatic carbocycles. The van der Waals surface area contributed by atoms with E-state index in [1.54, 1.807) is 0 Å². The van der Waals surface area contributed by atoms with E-state index in [4.69, 9.17) is 10.5 Å². The highest BCUT2D eigenvalue weighted by Crippen LogP contribution is 2.08. The van der Waals surface area contributed by atoms with Crippen molar-refractivity contribution in [3.05, 3.63) is 48.6 Å². The van der Waals surface area contributed by atoms with Crippen LogP contribution in [0.4, 0.5) is 0 Å². The lowest BCUT2D eigenvalue weighted by atomic mass is 9.98. The van der Waals surface area contributed by atoms with Gasteiger partial charge in [-0.1, -0.05) is 63.3 Å². The first-order chi connectivity index (χ1) is 11.0. The lowest BCUT2D eigenvalue weighted by Gasteiger charge is -2.22. The van der Waals surface area contributed by atoms with Crippen molar-refractivity contribution in [1.82, 2.24) is 5.32 Å². The molecule has 0 heterocycles. The Morgan fingerprint density at radius 1 is 1.35 bits per heavy atom. The van der Waals surface area contributed by atoms with Crippen molar-refractivity contribution in [1.29, 1.82) is 0 Å². The van der Waals surface area contributed by atoms with E-state index in [1.807, 2.05) is 44.2 Å². The predicted octanol–water partition coefficient (Wildman–Crippen LogP) is 1.82. The third-order valence-electron chi connectivity index (χ3n) is 3.79. The second-order valence-corrected chi connectivity index (χ2v) is 5.58. The van der Waals surface area contributed by atoms with Crippen LogP contribution in [0.2, 0.25) is 0 Å². The Morgan fingerprint density at radius 2 is 2.00 bits per heavy atom. The summed E-state index contributed by atoms with van der Waals surface area (Å²) < 4.78 is 5.08. The van der Waals surface area contributed by atoms with E-state index in [9.17, 15) is 9.59 Å². The molecule has 0 bridgehead atoms. The van der Waals surface area contributed by atoms with Crippen molar-refractivity contribution in [2.45, 2.75) is 38.8 Å². The maximum atomic E-state index is 12.3. The van der Waals surface area contributed by atoms with Gasteiger partial charge in [0.05, 0.1) is 6.04 Å². The van der Waals surface area contributed by atoms with Crippen molar-refractivity contribution in [3.8, 4) is 0 Å². The normalized spacial score (nSPS) is 14.4. The van der Waals surface area contributed by atoms with Gasteiger partial charge in [-0.05, 0) is 11.5 Å². The van der Waals surface area contributed by atoms with Crippen LogP contribution in [0.15, 0.2) is 43.0 Å². The molecule has 0 aliphatic rings. The summed E-state index contributed by atoms with van der Waals surface area (Å²) in [7, 11) is 0. The van der Waals surface area contributed by atoms with E-state index in [1.165, 1.54) is 6.08 Å². The summed E-state index contributed by atoms with van der Waals surface area (Å²) >= 11 is 0. The van der Waals surface area contributed by atoms with Crippen molar-refractivity contribution >= 4 is 11.9 Å². The number of nitrogens with two attached hydrogens (primary N) is 1. The highest BCUT2D eigenvalue weighted by atomic mass is 16.5. The van der Waals surface area contributed by atoms with Crippen molar-refractivity contribution in [2.24, 2.45) is 11.7 Å². The zero-order valence-corrected chi connectivity index (χ0v) is 13.8. The smallest absolute Gasteiger partial charge is 0.329 e. The van der Waals surface area contributed by atoms with E-state index >= 15 is 0 Å². The molecule has 5 nitrogen and oxygen atoms in total. The van der Waals surface area contributed by atoms with Crippen molar-refractivity contribution < 1.29 is 14.3 Å². The fourth-order valence-corrected chi connectivity index (χ4v) is 2.07. The third kappa shape index (κ3) is 6.24. The van der Waals surface area contributed by atoms with Gasteiger partial charge in [-0.15, -0.1) is 0 Å². The second kappa shape index (κ2) is 9.79. The zero-order chi connectivity index (χ0) is 17.2. The number of carbonyl (C=O) groups excluding carboxylic acids is 2. The molecule has 0 radical (unpaired) electrons. The highest BCUT2D eigenvalue weighted by Gasteiger charge is 2.27. The zero-order valence-electron chi connectivity index (χ0n) is 13.8. The van der Waals surface area contributed by atoms with Gasteiger partial charge in [0.15, 0.2) is 0 Å². The largest absolute Gasteiger partial charge is 0.460 e. The van der Waals surface area contributed by atoms with E-state index in [-0.39, 0.29) is 18.4 Å². The number of nitrogens with one attached hydrogen (secondary N) is 1. The molecule has 1 aromatic rings. The average molecular weight is 318 g/mol. The summed E-state index contributed by atoms with van der Waals surface area (Å²) in [4.78, 5) is 24.4. The van der Waals surface area contributed by atoms with Crippen LogP contribution in [0.1, 0.15) is 25.8 Å². The summed E-state index contributed by atoms with van der Waals surface area (Å²) in [5.41, 5.74) is 6.87. The molecule has 3 atom stereocenters. The monoisotopic (exact) mass is 318 g/mol. The van der Waals surface area contributed by atoms with Gasteiger partial charge in [0, 0.05) is 6.42 Å². The number of ether oxygens (including phenoxy) is 1. The van der Waals surface area contributed by atoms with Gasteiger partial charge >= 0.3 is 5.97 Å². The van der Waals surface area contributed by atoms with Crippen LogP contribution < -0.4 is 11.1 Å². The molecule has 1 amide bonds. The van der Waals surface area contributed by atoms with Gasteiger partial charge in [-0.25, -0.2) is 4.79 Å². The quantitative estimate of drug-likeness (QED) is 0.537. The standard InChI is InChI=1S/C18H26N2O3/c1-4-11-23-18(22)15(12-14-9-7-6-8-10-14)20-17(21)16(19)13(3)5-2/h4,6-10,13,15-16H,1,5,11-12,19H2,2-3H3,(H,20,21)/t13-,15-,16-/m0/s1. The van der Waals surface area contributed by atoms with Crippen LogP contribution in [0.5, 0.6) is 0 Å². The molecular formula is C18H26N2O3. The first-order valence-electron chi connectivity index (χ1n) is 7.87. The lowest BCUT2D eigenvalue weighted by molar-refractivity contribution is -0.147. The maximum absolute atomic E-state index is 12.3. The van der Waals surface area contributed by atoms with Gasteiger partial charge in [-0.3, -0.25) is 4.79 Å². The molecule has 1 rings (SSSR count). The molecule has 0 spiro atoms. The molecule has 23 heavy (non-hydrogen) atoms. The first kappa shape index (κ1) is 18.9. The molecule has 1 aromatic carbocycles. The Morgan fingerprint density at radius 3 is 2.57 bits per heavy atom. The molecule has 0 fully saturated rings. The number of hydrogen-bond acceptors (Lipinski definition) is 4. The predicted molar refractivity (Wildman–Crippen MR) is 90.7 cm³/mol. The van der Waals surface area contributed by atoms with Crippen LogP contribution in [-0.4, -0.2) is 30.6 Å². The summed E-state index contributed by atoms with van der Waals surface area (Å²) in [6.45, 7) is 7.50. The minimum Gasteiger partial charge on any atom is -0.460 e. The third-order valence-corrected chi connectivity index (χ3v) is 3.79. The van der Waals surface area contributed by atoms with E-state index in [0.717, 1.165) is 12.0 Å². The number of rotatable bonds is 9. The maximum Gasteiger partial charge on any atom is 0.329 e. The topological polar surface area (TPSA) is 81.4 Å². The number of benzene rings is 1. The molecule has 0 unspecified atom stereocenters. The fraction of sp³-hybridized carbons (Fsp3) is 0.444. The Kier molecular flexibility index (Phi) is 8.05. The van der Waals surface area contributed by atoms with Gasteiger partial charge < -0.3 is 15.8 Å². The fourth-order valence-electron chi connectivity index (χ4n) is 2.07. The van der Waals surface area contributed by atoms with Crippen LogP contribution in [0.3, 0.4) is 0 Å². The van der Waals surface area contributed by atoms with Gasteiger partial charge in [-0.2, -0.15) is 0 Å². The van der Waals surface area contributed by atoms with Crippen molar-refractivity contribution in [3.63, 3.8) is 0 Å². The minimum atomic E-state index is -0.764. The summed E-state index contributed by atoms with van der Waals surface area (Å²) in [5.74, 6) is -0.786. The Bertz CT molecular complexity index is 516. The van der Waals surface area contributed by atoms with Crippen LogP contribution in [0, 0.1) is 5.92 Å². The van der Waals surface area contributed by atoms with Gasteiger partial charge in [0.2, 0.25) is 5.91 Å². The van der Waals surface area contributed by atoms with Gasteiger partial charge in [0.1, 0.15) is 12.6 Å². The Hall–Kier alpha value is -2.14. The second-order valence-electron chi connectivity index (χ2n) is 5.58. The molecular weight excluding hydrogens is 292 g/mol. The first-order valence-corrected chi connectivity index (χ1v) is 7.87. The SMILES string of the molecule is C=CCOC(=O)[C@H](Cc1ccccc1)NC(=O)[C@@H](N)[C@@H](C)CC. The highest BCUT2D eigenvalue weighted by molar-refractivity contribution is 5.87. The molecule has 0 aliphatic heterocycles. The van der Waals surface area contributed by atoms with Crippen LogP contribution in [0.25, 0.3) is 0 Å².